The predicted octanol–water partition coefficient (Wildman–Crippen LogP) is 3.87. The fourth-order valence-electron chi connectivity index (χ4n) is 2.18. The molecule has 20 heavy (non-hydrogen) atoms. The van der Waals surface area contributed by atoms with Gasteiger partial charge in [0, 0.05) is 38.4 Å². The summed E-state index contributed by atoms with van der Waals surface area (Å²) in [5.74, 6) is 0.368. The highest BCUT2D eigenvalue weighted by molar-refractivity contribution is 5.85. The molecule has 0 fully saturated rings. The number of rotatable bonds is 4. The van der Waals surface area contributed by atoms with Crippen molar-refractivity contribution in [1.82, 2.24) is 5.32 Å². The van der Waals surface area contributed by atoms with E-state index in [9.17, 15) is 0 Å². The molecule has 1 aromatic carbocycles. The summed E-state index contributed by atoms with van der Waals surface area (Å²) >= 11 is 0. The first-order valence-electron chi connectivity index (χ1n) is 6.71. The zero-order chi connectivity index (χ0) is 13.7. The van der Waals surface area contributed by atoms with Crippen LogP contribution in [0.3, 0.4) is 0 Å². The quantitative estimate of drug-likeness (QED) is 0.847. The number of allylic oxidation sites excluding steroid dienone is 3. The first kappa shape index (κ1) is 16.4. The number of nitrogens with zero attached hydrogens (tertiary/aromatic N) is 1. The van der Waals surface area contributed by atoms with Crippen LogP contribution in [0.15, 0.2) is 54.3 Å². The zero-order valence-corrected chi connectivity index (χ0v) is 13.2. The van der Waals surface area contributed by atoms with Gasteiger partial charge in [-0.15, -0.1) is 12.4 Å². The number of nitrogens with one attached hydrogen (secondary N) is 1. The second-order valence-corrected chi connectivity index (χ2v) is 4.95. The zero-order valence-electron chi connectivity index (χ0n) is 12.3. The van der Waals surface area contributed by atoms with E-state index in [1.807, 2.05) is 7.05 Å². The largest absolute Gasteiger partial charge is 0.391 e. The van der Waals surface area contributed by atoms with E-state index >= 15 is 0 Å². The molecule has 0 saturated carbocycles. The van der Waals surface area contributed by atoms with Crippen molar-refractivity contribution in [2.24, 2.45) is 5.92 Å². The summed E-state index contributed by atoms with van der Waals surface area (Å²) in [6.07, 6.45) is 12.2. The van der Waals surface area contributed by atoms with Crippen LogP contribution >= 0.6 is 12.4 Å². The Morgan fingerprint density at radius 3 is 2.25 bits per heavy atom. The lowest BCUT2D eigenvalue weighted by Crippen LogP contribution is -2.14. The smallest absolute Gasteiger partial charge is 0.0361 e. The molecule has 0 saturated heterocycles. The Bertz CT molecular complexity index is 486. The first-order chi connectivity index (χ1) is 9.20. The van der Waals surface area contributed by atoms with Gasteiger partial charge in [-0.05, 0) is 30.2 Å². The monoisotopic (exact) mass is 290 g/mol. The maximum absolute atomic E-state index is 3.31. The topological polar surface area (TPSA) is 15.3 Å². The molecule has 3 heteroatoms. The normalized spacial score (nSPS) is 14.8. The highest BCUT2D eigenvalue weighted by Crippen LogP contribution is 2.20. The lowest BCUT2D eigenvalue weighted by molar-refractivity contribution is 0.825. The van der Waals surface area contributed by atoms with Crippen LogP contribution in [0.1, 0.15) is 12.0 Å². The summed E-state index contributed by atoms with van der Waals surface area (Å²) in [5, 5.41) is 3.31. The van der Waals surface area contributed by atoms with Gasteiger partial charge in [0.1, 0.15) is 0 Å². The second kappa shape index (κ2) is 7.81. The summed E-state index contributed by atoms with van der Waals surface area (Å²) in [6.45, 7) is 0. The van der Waals surface area contributed by atoms with Gasteiger partial charge in [-0.2, -0.15) is 0 Å². The summed E-state index contributed by atoms with van der Waals surface area (Å²) < 4.78 is 0. The minimum absolute atomic E-state index is 0. The Labute approximate surface area is 128 Å². The number of hydrogen-bond acceptors (Lipinski definition) is 2. The van der Waals surface area contributed by atoms with Crippen LogP contribution in [0.4, 0.5) is 5.69 Å². The molecule has 0 amide bonds. The number of hydrogen-bond donors (Lipinski definition) is 1. The summed E-state index contributed by atoms with van der Waals surface area (Å²) in [5.41, 5.74) is 3.67. The van der Waals surface area contributed by atoms with E-state index in [0.29, 0.717) is 5.92 Å². The summed E-state index contributed by atoms with van der Waals surface area (Å²) in [6, 6.07) is 8.60. The molecule has 0 radical (unpaired) electrons. The van der Waals surface area contributed by atoms with E-state index in [-0.39, 0.29) is 12.4 Å². The molecule has 1 N–H and O–H groups in total. The minimum Gasteiger partial charge on any atom is -0.391 e. The van der Waals surface area contributed by atoms with E-state index in [4.69, 9.17) is 0 Å². The van der Waals surface area contributed by atoms with Crippen LogP contribution in [0.25, 0.3) is 6.08 Å². The lowest BCUT2D eigenvalue weighted by Gasteiger charge is -2.16. The molecule has 0 heterocycles. The van der Waals surface area contributed by atoms with Gasteiger partial charge in [0.05, 0.1) is 0 Å². The van der Waals surface area contributed by atoms with Crippen molar-refractivity contribution < 1.29 is 0 Å². The van der Waals surface area contributed by atoms with Crippen LogP contribution in [-0.4, -0.2) is 21.1 Å². The molecule has 0 bridgehead atoms. The number of anilines is 1. The number of benzene rings is 1. The number of halogens is 1. The predicted molar refractivity (Wildman–Crippen MR) is 91.4 cm³/mol. The Kier molecular flexibility index (Phi) is 6.40. The molecule has 0 aromatic heterocycles. The highest BCUT2D eigenvalue weighted by Gasteiger charge is 2.08. The van der Waals surface area contributed by atoms with Crippen LogP contribution in [-0.2, 0) is 0 Å². The van der Waals surface area contributed by atoms with E-state index in [1.54, 1.807) is 0 Å². The molecule has 0 unspecified atom stereocenters. The first-order valence-corrected chi connectivity index (χ1v) is 6.71. The molecule has 0 atom stereocenters. The van der Waals surface area contributed by atoms with Gasteiger partial charge in [-0.1, -0.05) is 36.4 Å². The average molecular weight is 291 g/mol. The fourth-order valence-corrected chi connectivity index (χ4v) is 2.18. The molecule has 1 aromatic rings. The van der Waals surface area contributed by atoms with Crippen molar-refractivity contribution in [1.29, 1.82) is 0 Å². The molecular formula is C17H23ClN2. The van der Waals surface area contributed by atoms with Crippen LogP contribution in [0, 0.1) is 5.92 Å². The maximum Gasteiger partial charge on any atom is 0.0361 e. The van der Waals surface area contributed by atoms with Gasteiger partial charge in [-0.25, -0.2) is 0 Å². The van der Waals surface area contributed by atoms with Gasteiger partial charge in [-0.3, -0.25) is 0 Å². The third-order valence-corrected chi connectivity index (χ3v) is 3.34. The van der Waals surface area contributed by atoms with Crippen molar-refractivity contribution >= 4 is 24.2 Å². The minimum atomic E-state index is 0. The van der Waals surface area contributed by atoms with Crippen LogP contribution in [0.2, 0.25) is 0 Å². The van der Waals surface area contributed by atoms with Crippen molar-refractivity contribution in [3.05, 3.63) is 59.8 Å². The van der Waals surface area contributed by atoms with Crippen molar-refractivity contribution in [2.45, 2.75) is 6.42 Å². The Morgan fingerprint density at radius 1 is 1.15 bits per heavy atom. The molecule has 0 spiro atoms. The van der Waals surface area contributed by atoms with Gasteiger partial charge in [0.15, 0.2) is 0 Å². The molecule has 2 rings (SSSR count). The fraction of sp³-hybridized carbons (Fsp3) is 0.294. The molecule has 2 nitrogen and oxygen atoms in total. The second-order valence-electron chi connectivity index (χ2n) is 4.95. The summed E-state index contributed by atoms with van der Waals surface area (Å²) in [7, 11) is 6.10. The third kappa shape index (κ3) is 4.17. The van der Waals surface area contributed by atoms with Gasteiger partial charge < -0.3 is 10.2 Å². The molecule has 1 aliphatic rings. The third-order valence-electron chi connectivity index (χ3n) is 3.34. The van der Waals surface area contributed by atoms with E-state index in [0.717, 1.165) is 6.42 Å². The van der Waals surface area contributed by atoms with Crippen molar-refractivity contribution in [3.8, 4) is 0 Å². The maximum atomic E-state index is 3.31. The molecular weight excluding hydrogens is 268 g/mol. The van der Waals surface area contributed by atoms with Crippen molar-refractivity contribution in [3.63, 3.8) is 0 Å². The average Bonchev–Trinajstić information content (AvgIpc) is 2.46. The van der Waals surface area contributed by atoms with Gasteiger partial charge in [0.2, 0.25) is 0 Å². The molecule has 1 aliphatic carbocycles. The Morgan fingerprint density at radius 2 is 1.75 bits per heavy atom. The van der Waals surface area contributed by atoms with E-state index in [1.165, 1.54) is 16.9 Å². The van der Waals surface area contributed by atoms with Crippen LogP contribution < -0.4 is 10.2 Å². The standard InChI is InChI=1S/C17H22N2.ClH/c1-18-17(15-7-5-4-6-8-15)13-14-9-11-16(12-10-14)19(2)3;/h5-13,15,18H,4H2,1-3H3;1H. The van der Waals surface area contributed by atoms with Gasteiger partial charge >= 0.3 is 0 Å². The SMILES string of the molecule is CNC(=Cc1ccc(N(C)C)cc1)C1C=CCC=C1.Cl. The van der Waals surface area contributed by atoms with Gasteiger partial charge in [0.25, 0.3) is 0 Å². The van der Waals surface area contributed by atoms with Crippen molar-refractivity contribution in [2.75, 3.05) is 26.0 Å². The lowest BCUT2D eigenvalue weighted by atomic mass is 9.98. The Balaban J connectivity index is 0.00000200. The Hall–Kier alpha value is -1.67. The molecule has 108 valence electrons. The van der Waals surface area contributed by atoms with Crippen LogP contribution in [0.5, 0.6) is 0 Å². The molecule has 0 aliphatic heterocycles. The highest BCUT2D eigenvalue weighted by atomic mass is 35.5. The van der Waals surface area contributed by atoms with E-state index in [2.05, 4.69) is 79.0 Å². The van der Waals surface area contributed by atoms with E-state index < -0.39 is 0 Å². The summed E-state index contributed by atoms with van der Waals surface area (Å²) in [4.78, 5) is 2.11.